The Balaban J connectivity index is 2.20. The normalized spacial score (nSPS) is 23.9. The van der Waals surface area contributed by atoms with Crippen LogP contribution in [0.4, 0.5) is 0 Å². The number of rotatable bonds is 3. The van der Waals surface area contributed by atoms with Crippen molar-refractivity contribution in [2.45, 2.75) is 45.6 Å². The molecule has 0 bridgehead atoms. The van der Waals surface area contributed by atoms with Gasteiger partial charge in [0, 0.05) is 7.05 Å². The molecule has 3 N–H and O–H groups in total. The Morgan fingerprint density at radius 3 is 2.83 bits per heavy atom. The summed E-state index contributed by atoms with van der Waals surface area (Å²) in [4.78, 5) is 0. The highest BCUT2D eigenvalue weighted by atomic mass is 16.5. The van der Waals surface area contributed by atoms with Crippen LogP contribution in [0.15, 0.2) is 0 Å². The predicted octanol–water partition coefficient (Wildman–Crippen LogP) is 1.97. The van der Waals surface area contributed by atoms with Crippen LogP contribution in [0.3, 0.4) is 0 Å². The van der Waals surface area contributed by atoms with Gasteiger partial charge >= 0.3 is 0 Å². The average Bonchev–Trinajstić information content (AvgIpc) is 2.53. The second-order valence-electron chi connectivity index (χ2n) is 5.31. The van der Waals surface area contributed by atoms with Crippen LogP contribution in [0.1, 0.15) is 43.9 Å². The molecule has 1 aromatic rings. The van der Waals surface area contributed by atoms with Crippen LogP contribution in [0.25, 0.3) is 0 Å². The summed E-state index contributed by atoms with van der Waals surface area (Å²) in [5.41, 5.74) is 7.00. The first-order valence-corrected chi connectivity index (χ1v) is 6.53. The number of amidine groups is 1. The lowest BCUT2D eigenvalue weighted by molar-refractivity contribution is 0.118. The van der Waals surface area contributed by atoms with Crippen molar-refractivity contribution < 1.29 is 4.74 Å². The highest BCUT2D eigenvalue weighted by Crippen LogP contribution is 2.29. The van der Waals surface area contributed by atoms with Crippen LogP contribution >= 0.6 is 0 Å². The average molecular weight is 250 g/mol. The number of hydrogen-bond donors (Lipinski definition) is 2. The fourth-order valence-corrected chi connectivity index (χ4v) is 2.73. The Bertz CT molecular complexity index is 452. The van der Waals surface area contributed by atoms with E-state index in [1.807, 2.05) is 14.0 Å². The summed E-state index contributed by atoms with van der Waals surface area (Å²) >= 11 is 0. The van der Waals surface area contributed by atoms with Crippen molar-refractivity contribution in [1.82, 2.24) is 9.78 Å². The van der Waals surface area contributed by atoms with Crippen LogP contribution in [-0.2, 0) is 7.05 Å². The molecule has 1 aromatic heterocycles. The number of nitrogens with two attached hydrogens (primary N) is 1. The molecule has 100 valence electrons. The second-order valence-corrected chi connectivity index (χ2v) is 5.31. The molecule has 0 spiro atoms. The zero-order valence-electron chi connectivity index (χ0n) is 11.4. The Kier molecular flexibility index (Phi) is 3.59. The molecule has 2 atom stereocenters. The van der Waals surface area contributed by atoms with E-state index in [1.165, 1.54) is 12.8 Å². The number of nitrogen functional groups attached to an aromatic ring is 1. The summed E-state index contributed by atoms with van der Waals surface area (Å²) in [5, 5.41) is 11.9. The molecule has 5 heteroatoms. The number of nitrogens with zero attached hydrogens (tertiary/aromatic N) is 2. The van der Waals surface area contributed by atoms with Gasteiger partial charge in [-0.1, -0.05) is 13.3 Å². The molecule has 0 amide bonds. The van der Waals surface area contributed by atoms with E-state index in [0.29, 0.717) is 17.4 Å². The molecule has 0 aliphatic heterocycles. The topological polar surface area (TPSA) is 76.9 Å². The zero-order valence-corrected chi connectivity index (χ0v) is 11.4. The van der Waals surface area contributed by atoms with Gasteiger partial charge in [-0.3, -0.25) is 5.41 Å². The first kappa shape index (κ1) is 12.9. The molecule has 2 rings (SSSR count). The van der Waals surface area contributed by atoms with Gasteiger partial charge in [0.1, 0.15) is 17.5 Å². The molecule has 18 heavy (non-hydrogen) atoms. The molecule has 5 nitrogen and oxygen atoms in total. The largest absolute Gasteiger partial charge is 0.474 e. The van der Waals surface area contributed by atoms with E-state index in [-0.39, 0.29) is 11.9 Å². The summed E-state index contributed by atoms with van der Waals surface area (Å²) < 4.78 is 7.74. The van der Waals surface area contributed by atoms with E-state index < -0.39 is 0 Å². The van der Waals surface area contributed by atoms with Gasteiger partial charge in [0.2, 0.25) is 5.88 Å². The number of aromatic nitrogens is 2. The Morgan fingerprint density at radius 2 is 2.22 bits per heavy atom. The molecule has 1 saturated carbocycles. The minimum Gasteiger partial charge on any atom is -0.474 e. The van der Waals surface area contributed by atoms with Crippen LogP contribution in [0.2, 0.25) is 0 Å². The molecule has 1 heterocycles. The summed E-state index contributed by atoms with van der Waals surface area (Å²) in [6.07, 6.45) is 4.86. The third-order valence-corrected chi connectivity index (χ3v) is 3.61. The highest BCUT2D eigenvalue weighted by molar-refractivity contribution is 5.98. The van der Waals surface area contributed by atoms with Crippen molar-refractivity contribution >= 4 is 5.84 Å². The third kappa shape index (κ3) is 2.49. The van der Waals surface area contributed by atoms with E-state index in [2.05, 4.69) is 12.0 Å². The monoisotopic (exact) mass is 250 g/mol. The maximum atomic E-state index is 7.63. The fraction of sp³-hybridized carbons (Fsp3) is 0.692. The van der Waals surface area contributed by atoms with E-state index in [0.717, 1.165) is 18.5 Å². The third-order valence-electron chi connectivity index (χ3n) is 3.61. The van der Waals surface area contributed by atoms with Gasteiger partial charge in [0.05, 0.1) is 5.69 Å². The standard InChI is InChI=1S/C13H22N4O/c1-8-5-4-6-10(7-8)18-13-11(12(14)15)9(2)16-17(13)3/h8,10H,4-7H2,1-3H3,(H3,14,15). The maximum Gasteiger partial charge on any atom is 0.223 e. The summed E-state index contributed by atoms with van der Waals surface area (Å²) in [6.45, 7) is 4.11. The number of nitrogens with one attached hydrogen (secondary N) is 1. The van der Waals surface area contributed by atoms with E-state index >= 15 is 0 Å². The molecule has 0 saturated heterocycles. The molecule has 1 fully saturated rings. The van der Waals surface area contributed by atoms with Gasteiger partial charge in [-0.05, 0) is 32.1 Å². The molecule has 1 aliphatic carbocycles. The first-order valence-electron chi connectivity index (χ1n) is 6.53. The van der Waals surface area contributed by atoms with Gasteiger partial charge in [-0.2, -0.15) is 5.10 Å². The maximum absolute atomic E-state index is 7.63. The summed E-state index contributed by atoms with van der Waals surface area (Å²) in [5.74, 6) is 1.37. The van der Waals surface area contributed by atoms with Crippen molar-refractivity contribution in [3.8, 4) is 5.88 Å². The van der Waals surface area contributed by atoms with Crippen LogP contribution in [0.5, 0.6) is 5.88 Å². The zero-order chi connectivity index (χ0) is 13.3. The van der Waals surface area contributed by atoms with Crippen molar-refractivity contribution in [1.29, 1.82) is 5.41 Å². The van der Waals surface area contributed by atoms with Gasteiger partial charge in [-0.25, -0.2) is 4.68 Å². The summed E-state index contributed by atoms with van der Waals surface area (Å²) in [6, 6.07) is 0. The smallest absolute Gasteiger partial charge is 0.223 e. The lowest BCUT2D eigenvalue weighted by Crippen LogP contribution is -2.26. The van der Waals surface area contributed by atoms with E-state index in [4.69, 9.17) is 15.9 Å². The van der Waals surface area contributed by atoms with Crippen molar-refractivity contribution in [2.75, 3.05) is 0 Å². The molecular weight excluding hydrogens is 228 g/mol. The fourth-order valence-electron chi connectivity index (χ4n) is 2.73. The Morgan fingerprint density at radius 1 is 1.50 bits per heavy atom. The first-order chi connectivity index (χ1) is 8.49. The van der Waals surface area contributed by atoms with E-state index in [9.17, 15) is 0 Å². The second kappa shape index (κ2) is 5.00. The lowest BCUT2D eigenvalue weighted by Gasteiger charge is -2.27. The molecule has 1 aliphatic rings. The van der Waals surface area contributed by atoms with Crippen molar-refractivity contribution in [2.24, 2.45) is 18.7 Å². The number of hydrogen-bond acceptors (Lipinski definition) is 3. The quantitative estimate of drug-likeness (QED) is 0.636. The Labute approximate surface area is 108 Å². The SMILES string of the molecule is Cc1nn(C)c(OC2CCCC(C)C2)c1C(=N)N. The van der Waals surface area contributed by atoms with Gasteiger partial charge in [0.15, 0.2) is 0 Å². The lowest BCUT2D eigenvalue weighted by atomic mass is 9.89. The van der Waals surface area contributed by atoms with Gasteiger partial charge < -0.3 is 10.5 Å². The summed E-state index contributed by atoms with van der Waals surface area (Å²) in [7, 11) is 1.83. The van der Waals surface area contributed by atoms with Crippen LogP contribution in [-0.4, -0.2) is 21.7 Å². The van der Waals surface area contributed by atoms with E-state index in [1.54, 1.807) is 4.68 Å². The van der Waals surface area contributed by atoms with Crippen molar-refractivity contribution in [3.63, 3.8) is 0 Å². The van der Waals surface area contributed by atoms with Crippen LogP contribution in [0, 0.1) is 18.3 Å². The van der Waals surface area contributed by atoms with Crippen molar-refractivity contribution in [3.05, 3.63) is 11.3 Å². The minimum atomic E-state index is 0.0273. The van der Waals surface area contributed by atoms with Crippen LogP contribution < -0.4 is 10.5 Å². The minimum absolute atomic E-state index is 0.0273. The highest BCUT2D eigenvalue weighted by Gasteiger charge is 2.24. The predicted molar refractivity (Wildman–Crippen MR) is 71.0 cm³/mol. The number of aryl methyl sites for hydroxylation is 2. The Hall–Kier alpha value is -1.52. The number of ether oxygens (including phenoxy) is 1. The van der Waals surface area contributed by atoms with Gasteiger partial charge in [-0.15, -0.1) is 0 Å². The molecule has 2 unspecified atom stereocenters. The molecular formula is C13H22N4O. The molecule has 0 radical (unpaired) electrons. The molecule has 0 aromatic carbocycles. The van der Waals surface area contributed by atoms with Gasteiger partial charge in [0.25, 0.3) is 0 Å².